The van der Waals surface area contributed by atoms with E-state index in [1.807, 2.05) is 18.3 Å². The minimum atomic E-state index is -0.0262. The summed E-state index contributed by atoms with van der Waals surface area (Å²) in [5.74, 6) is -0.0262. The third-order valence-corrected chi connectivity index (χ3v) is 7.57. The number of fused-ring (bicyclic) bond motifs is 1. The van der Waals surface area contributed by atoms with E-state index < -0.39 is 0 Å². The van der Waals surface area contributed by atoms with E-state index >= 15 is 0 Å². The summed E-state index contributed by atoms with van der Waals surface area (Å²) < 4.78 is 2.10. The first-order valence-electron chi connectivity index (χ1n) is 11.7. The van der Waals surface area contributed by atoms with Gasteiger partial charge < -0.3 is 9.88 Å². The zero-order valence-corrected chi connectivity index (χ0v) is 19.2. The Labute approximate surface area is 190 Å². The Morgan fingerprint density at radius 1 is 1.12 bits per heavy atom. The Kier molecular flexibility index (Phi) is 4.89. The van der Waals surface area contributed by atoms with Gasteiger partial charge in [0.25, 0.3) is 5.91 Å². The minimum absolute atomic E-state index is 0.0262. The molecule has 2 aromatic carbocycles. The molecule has 0 unspecified atom stereocenters. The molecule has 0 radical (unpaired) electrons. The van der Waals surface area contributed by atoms with Crippen LogP contribution in [-0.4, -0.2) is 16.5 Å². The highest BCUT2D eigenvalue weighted by Gasteiger charge is 2.48. The first-order valence-corrected chi connectivity index (χ1v) is 11.7. The maximum Gasteiger partial charge on any atom is 0.253 e. The van der Waals surface area contributed by atoms with Gasteiger partial charge in [-0.3, -0.25) is 4.79 Å². The molecule has 5 rings (SSSR count). The van der Waals surface area contributed by atoms with E-state index in [-0.39, 0.29) is 17.4 Å². The van der Waals surface area contributed by atoms with Crippen LogP contribution in [0.2, 0.25) is 0 Å². The maximum absolute atomic E-state index is 13.2. The molecule has 3 aromatic rings. The predicted octanol–water partition coefficient (Wildman–Crippen LogP) is 5.92. The van der Waals surface area contributed by atoms with Crippen LogP contribution >= 0.6 is 0 Å². The van der Waals surface area contributed by atoms with Crippen LogP contribution in [0, 0.1) is 16.7 Å². The Morgan fingerprint density at radius 2 is 1.84 bits per heavy atom. The molecule has 4 heteroatoms. The number of amides is 1. The molecule has 1 spiro atoms. The fourth-order valence-corrected chi connectivity index (χ4v) is 5.48. The Bertz CT molecular complexity index is 1210. The molecule has 0 bridgehead atoms. The van der Waals surface area contributed by atoms with Gasteiger partial charge >= 0.3 is 0 Å². The van der Waals surface area contributed by atoms with Crippen LogP contribution < -0.4 is 5.32 Å². The van der Waals surface area contributed by atoms with Crippen LogP contribution in [0.3, 0.4) is 0 Å². The smallest absolute Gasteiger partial charge is 0.253 e. The lowest BCUT2D eigenvalue weighted by molar-refractivity contribution is -0.000603. The summed E-state index contributed by atoms with van der Waals surface area (Å²) >= 11 is 0. The normalized spacial score (nSPS) is 17.6. The third kappa shape index (κ3) is 3.60. The number of carbonyl (C=O) groups excluding carboxylic acids is 1. The average Bonchev–Trinajstić information content (AvgIpc) is 3.11. The third-order valence-electron chi connectivity index (χ3n) is 7.57. The second-order valence-corrected chi connectivity index (χ2v) is 10.9. The van der Waals surface area contributed by atoms with E-state index in [1.165, 1.54) is 30.4 Å². The lowest BCUT2D eigenvalue weighted by Crippen LogP contribution is -2.53. The van der Waals surface area contributed by atoms with Gasteiger partial charge in [0.1, 0.15) is 0 Å². The molecule has 1 aromatic heterocycles. The highest BCUT2D eigenvalue weighted by Crippen LogP contribution is 2.55. The summed E-state index contributed by atoms with van der Waals surface area (Å²) in [5, 5.41) is 13.7. The van der Waals surface area contributed by atoms with E-state index in [1.54, 1.807) is 6.07 Å². The van der Waals surface area contributed by atoms with Crippen LogP contribution in [0.15, 0.2) is 48.7 Å². The van der Waals surface area contributed by atoms with Gasteiger partial charge in [-0.2, -0.15) is 5.26 Å². The summed E-state index contributed by atoms with van der Waals surface area (Å²) in [4.78, 5) is 13.2. The summed E-state index contributed by atoms with van der Waals surface area (Å²) in [6.07, 6.45) is 8.18. The molecule has 2 aliphatic rings. The lowest BCUT2D eigenvalue weighted by Gasteiger charge is -2.54. The van der Waals surface area contributed by atoms with Crippen molar-refractivity contribution in [3.05, 3.63) is 70.9 Å². The van der Waals surface area contributed by atoms with Crippen molar-refractivity contribution in [2.45, 2.75) is 70.9 Å². The van der Waals surface area contributed by atoms with Gasteiger partial charge in [0, 0.05) is 24.2 Å². The molecular weight excluding hydrogens is 394 g/mol. The molecule has 2 saturated carbocycles. The molecule has 1 amide bonds. The average molecular weight is 426 g/mol. The van der Waals surface area contributed by atoms with Gasteiger partial charge in [0.15, 0.2) is 0 Å². The van der Waals surface area contributed by atoms with E-state index in [0.717, 1.165) is 23.7 Å². The molecule has 0 saturated heterocycles. The first-order chi connectivity index (χ1) is 15.3. The molecule has 4 nitrogen and oxygen atoms in total. The number of carbonyl (C=O) groups is 1. The number of nitrogens with zero attached hydrogens (tertiary/aromatic N) is 2. The molecular formula is C28H31N3O. The standard InChI is InChI=1S/C28H31N3O/c1-27(2,3)21-8-5-19(6-9-21)18-31-14-11-23-20(17-29)7-10-24(25(23)31)26(32)30-22-15-28(16-22)12-4-13-28/h5-11,14,22H,4,12-13,15-16,18H2,1-3H3,(H,30,32). The molecule has 2 fully saturated rings. The van der Waals surface area contributed by atoms with Crippen molar-refractivity contribution in [2.24, 2.45) is 5.41 Å². The fourth-order valence-electron chi connectivity index (χ4n) is 5.48. The quantitative estimate of drug-likeness (QED) is 0.564. The van der Waals surface area contributed by atoms with Crippen LogP contribution in [0.25, 0.3) is 10.9 Å². The number of hydrogen-bond donors (Lipinski definition) is 1. The number of benzene rings is 2. The van der Waals surface area contributed by atoms with Crippen molar-refractivity contribution >= 4 is 16.8 Å². The topological polar surface area (TPSA) is 57.8 Å². The predicted molar refractivity (Wildman–Crippen MR) is 128 cm³/mol. The lowest BCUT2D eigenvalue weighted by atomic mass is 9.54. The van der Waals surface area contributed by atoms with Crippen LogP contribution in [0.4, 0.5) is 0 Å². The Morgan fingerprint density at radius 3 is 2.44 bits per heavy atom. The first kappa shape index (κ1) is 20.8. The number of hydrogen-bond acceptors (Lipinski definition) is 2. The zero-order chi connectivity index (χ0) is 22.5. The zero-order valence-electron chi connectivity index (χ0n) is 19.2. The minimum Gasteiger partial charge on any atom is -0.349 e. The number of nitriles is 1. The van der Waals surface area contributed by atoms with Crippen molar-refractivity contribution in [1.29, 1.82) is 5.26 Å². The largest absolute Gasteiger partial charge is 0.349 e. The summed E-state index contributed by atoms with van der Waals surface area (Å²) in [5.41, 5.74) is 5.23. The highest BCUT2D eigenvalue weighted by atomic mass is 16.1. The molecule has 1 N–H and O–H groups in total. The van der Waals surface area contributed by atoms with E-state index in [0.29, 0.717) is 23.1 Å². The molecule has 0 atom stereocenters. The molecule has 1 heterocycles. The van der Waals surface area contributed by atoms with Gasteiger partial charge in [0.2, 0.25) is 0 Å². The highest BCUT2D eigenvalue weighted by molar-refractivity contribution is 6.07. The summed E-state index contributed by atoms with van der Waals surface area (Å²) in [6.45, 7) is 7.30. The molecule has 164 valence electrons. The molecule has 32 heavy (non-hydrogen) atoms. The van der Waals surface area contributed by atoms with Crippen LogP contribution in [0.1, 0.15) is 79.9 Å². The van der Waals surface area contributed by atoms with E-state index in [2.05, 4.69) is 61.0 Å². The number of aromatic nitrogens is 1. The van der Waals surface area contributed by atoms with Crippen LogP contribution in [0.5, 0.6) is 0 Å². The van der Waals surface area contributed by atoms with Crippen molar-refractivity contribution < 1.29 is 4.79 Å². The number of nitrogens with one attached hydrogen (secondary N) is 1. The number of rotatable bonds is 4. The summed E-state index contributed by atoms with van der Waals surface area (Å²) in [6, 6.07) is 16.8. The van der Waals surface area contributed by atoms with Gasteiger partial charge in [-0.25, -0.2) is 0 Å². The van der Waals surface area contributed by atoms with E-state index in [9.17, 15) is 10.1 Å². The van der Waals surface area contributed by atoms with Crippen molar-refractivity contribution in [1.82, 2.24) is 9.88 Å². The second-order valence-electron chi connectivity index (χ2n) is 10.9. The van der Waals surface area contributed by atoms with Gasteiger partial charge in [-0.15, -0.1) is 0 Å². The van der Waals surface area contributed by atoms with Crippen molar-refractivity contribution in [3.8, 4) is 6.07 Å². The second kappa shape index (κ2) is 7.52. The van der Waals surface area contributed by atoms with Crippen LogP contribution in [-0.2, 0) is 12.0 Å². The maximum atomic E-state index is 13.2. The van der Waals surface area contributed by atoms with Crippen molar-refractivity contribution in [3.63, 3.8) is 0 Å². The molecule has 0 aliphatic heterocycles. The summed E-state index contributed by atoms with van der Waals surface area (Å²) in [7, 11) is 0. The van der Waals surface area contributed by atoms with Gasteiger partial charge in [-0.05, 0) is 65.8 Å². The SMILES string of the molecule is CC(C)(C)c1ccc(Cn2ccc3c(C#N)ccc(C(=O)NC4CC5(CCC5)C4)c32)cc1. The Balaban J connectivity index is 1.43. The molecule has 2 aliphatic carbocycles. The van der Waals surface area contributed by atoms with Crippen molar-refractivity contribution in [2.75, 3.05) is 0 Å². The van der Waals surface area contributed by atoms with E-state index in [4.69, 9.17) is 0 Å². The fraction of sp³-hybridized carbons (Fsp3) is 0.429. The van der Waals surface area contributed by atoms with Gasteiger partial charge in [0.05, 0.1) is 22.7 Å². The monoisotopic (exact) mass is 425 g/mol. The Hall–Kier alpha value is -3.06. The van der Waals surface area contributed by atoms with Gasteiger partial charge in [-0.1, -0.05) is 51.5 Å².